The Morgan fingerprint density at radius 3 is 1.55 bits per heavy atom. The van der Waals surface area contributed by atoms with Crippen LogP contribution in [0.5, 0.6) is 0 Å². The van der Waals surface area contributed by atoms with Crippen LogP contribution in [0.2, 0.25) is 0 Å². The number of alkyl halides is 6. The van der Waals surface area contributed by atoms with Crippen LogP contribution in [-0.2, 0) is 9.53 Å². The number of hydrogen-bond acceptors (Lipinski definition) is 3. The van der Waals surface area contributed by atoms with Crippen molar-refractivity contribution in [3.8, 4) is 0 Å². The zero-order chi connectivity index (χ0) is 23.6. The molecule has 0 bridgehead atoms. The van der Waals surface area contributed by atoms with Crippen molar-refractivity contribution in [1.82, 2.24) is 0 Å². The molecule has 0 aromatic carbocycles. The van der Waals surface area contributed by atoms with Crippen molar-refractivity contribution in [3.63, 3.8) is 0 Å². The van der Waals surface area contributed by atoms with E-state index in [-0.39, 0.29) is 17.8 Å². The fraction of sp³-hybridized carbons (Fsp3) is 0.950. The Balaban J connectivity index is 5.87. The summed E-state index contributed by atoms with van der Waals surface area (Å²) in [6.45, 7) is 14.0. The third kappa shape index (κ3) is 8.34. The van der Waals surface area contributed by atoms with E-state index in [1.54, 1.807) is 34.6 Å². The summed E-state index contributed by atoms with van der Waals surface area (Å²) in [5, 5.41) is 9.52. The molecular weight excluding hydrogens is 402 g/mol. The first-order chi connectivity index (χ1) is 12.5. The first-order valence-corrected chi connectivity index (χ1v) is 9.57. The third-order valence-corrected chi connectivity index (χ3v) is 4.62. The minimum Gasteiger partial charge on any atom is -0.462 e. The van der Waals surface area contributed by atoms with E-state index in [0.29, 0.717) is 6.42 Å². The smallest absolute Gasteiger partial charge is 0.426 e. The largest absolute Gasteiger partial charge is 0.462 e. The van der Waals surface area contributed by atoms with Gasteiger partial charge in [0.2, 0.25) is 0 Å². The highest BCUT2D eigenvalue weighted by Crippen LogP contribution is 2.47. The summed E-state index contributed by atoms with van der Waals surface area (Å²) in [4.78, 5) is 12.8. The lowest BCUT2D eigenvalue weighted by molar-refractivity contribution is -0.374. The minimum atomic E-state index is -5.96. The van der Waals surface area contributed by atoms with Crippen LogP contribution in [0.1, 0.15) is 74.7 Å². The molecule has 0 saturated heterocycles. The van der Waals surface area contributed by atoms with E-state index in [1.807, 2.05) is 20.8 Å². The summed E-state index contributed by atoms with van der Waals surface area (Å²) >= 11 is 0. The molecule has 0 saturated carbocycles. The highest BCUT2D eigenvalue weighted by atomic mass is 19.4. The van der Waals surface area contributed by atoms with E-state index < -0.39 is 47.8 Å². The number of rotatable bonds is 7. The summed E-state index contributed by atoms with van der Waals surface area (Å²) in [7, 11) is 0. The van der Waals surface area contributed by atoms with Gasteiger partial charge in [0.15, 0.2) is 0 Å². The lowest BCUT2D eigenvalue weighted by Gasteiger charge is -2.37. The molecule has 0 fully saturated rings. The number of aliphatic hydroxyl groups is 1. The van der Waals surface area contributed by atoms with Gasteiger partial charge in [0.05, 0.1) is 5.92 Å². The topological polar surface area (TPSA) is 46.5 Å². The molecule has 9 heteroatoms. The van der Waals surface area contributed by atoms with Gasteiger partial charge in [0, 0.05) is 6.42 Å². The Morgan fingerprint density at radius 1 is 0.862 bits per heavy atom. The number of carbonyl (C=O) groups is 1. The lowest BCUT2D eigenvalue weighted by atomic mass is 9.72. The van der Waals surface area contributed by atoms with Crippen molar-refractivity contribution < 1.29 is 41.0 Å². The molecule has 0 spiro atoms. The Hall–Kier alpha value is -0.990. The van der Waals surface area contributed by atoms with E-state index in [2.05, 4.69) is 0 Å². The van der Waals surface area contributed by atoms with Crippen molar-refractivity contribution in [2.75, 3.05) is 0 Å². The average molecular weight is 436 g/mol. The lowest BCUT2D eigenvalue weighted by Crippen LogP contribution is -2.58. The molecule has 29 heavy (non-hydrogen) atoms. The zero-order valence-electron chi connectivity index (χ0n) is 18.4. The van der Waals surface area contributed by atoms with Gasteiger partial charge in [-0.2, -0.15) is 26.3 Å². The molecule has 2 unspecified atom stereocenters. The zero-order valence-corrected chi connectivity index (χ0v) is 18.4. The Bertz CT molecular complexity index is 524. The van der Waals surface area contributed by atoms with Gasteiger partial charge in [0.1, 0.15) is 6.10 Å². The molecular formula is C20H34F6O3. The Morgan fingerprint density at radius 2 is 1.28 bits per heavy atom. The van der Waals surface area contributed by atoms with Crippen LogP contribution in [0.15, 0.2) is 0 Å². The molecule has 2 atom stereocenters. The van der Waals surface area contributed by atoms with Crippen LogP contribution in [-0.4, -0.2) is 35.1 Å². The van der Waals surface area contributed by atoms with Gasteiger partial charge < -0.3 is 9.84 Å². The number of hydrogen-bond donors (Lipinski definition) is 1. The third-order valence-electron chi connectivity index (χ3n) is 4.62. The SMILES string of the molecule is CC(C)CC(CC(O)(C(F)(F)F)C(F)(F)F)OC(=O)C(CC(C)(C)C)C(C)(C)C. The van der Waals surface area contributed by atoms with Crippen LogP contribution in [0.3, 0.4) is 0 Å². The maximum absolute atomic E-state index is 13.1. The number of carbonyl (C=O) groups excluding carboxylic acids is 1. The minimum absolute atomic E-state index is 0.243. The van der Waals surface area contributed by atoms with Crippen molar-refractivity contribution in [2.24, 2.45) is 22.7 Å². The molecule has 0 aliphatic carbocycles. The monoisotopic (exact) mass is 436 g/mol. The first-order valence-electron chi connectivity index (χ1n) is 9.57. The van der Waals surface area contributed by atoms with Crippen LogP contribution in [0, 0.1) is 22.7 Å². The molecule has 0 aliphatic rings. The van der Waals surface area contributed by atoms with E-state index >= 15 is 0 Å². The van der Waals surface area contributed by atoms with Crippen molar-refractivity contribution in [2.45, 2.75) is 98.7 Å². The van der Waals surface area contributed by atoms with Crippen molar-refractivity contribution >= 4 is 5.97 Å². The van der Waals surface area contributed by atoms with Crippen LogP contribution in [0.4, 0.5) is 26.3 Å². The summed E-state index contributed by atoms with van der Waals surface area (Å²) in [6.07, 6.45) is -15.3. The standard InChI is InChI=1S/C20H34F6O3/c1-12(2)9-13(10-18(28,19(21,22)23)20(24,25)26)29-15(27)14(17(6,7)8)11-16(3,4)5/h12-14,28H,9-11H2,1-8H3. The maximum atomic E-state index is 13.1. The van der Waals surface area contributed by atoms with E-state index in [1.165, 1.54) is 0 Å². The van der Waals surface area contributed by atoms with Crippen LogP contribution < -0.4 is 0 Å². The van der Waals surface area contributed by atoms with Crippen LogP contribution in [0.25, 0.3) is 0 Å². The highest BCUT2D eigenvalue weighted by molar-refractivity contribution is 5.73. The summed E-state index contributed by atoms with van der Waals surface area (Å²) in [5.41, 5.74) is -5.89. The van der Waals surface area contributed by atoms with Crippen molar-refractivity contribution in [3.05, 3.63) is 0 Å². The van der Waals surface area contributed by atoms with E-state index in [9.17, 15) is 36.2 Å². The maximum Gasteiger partial charge on any atom is 0.426 e. The molecule has 0 amide bonds. The number of ether oxygens (including phenoxy) is 1. The molecule has 0 aromatic heterocycles. The highest BCUT2D eigenvalue weighted by Gasteiger charge is 2.71. The Kier molecular flexibility index (Phi) is 8.71. The summed E-state index contributed by atoms with van der Waals surface area (Å²) < 4.78 is 83.8. The number of esters is 1. The molecule has 0 rings (SSSR count). The first kappa shape index (κ1) is 28.0. The second-order valence-corrected chi connectivity index (χ2v) is 10.4. The molecule has 3 nitrogen and oxygen atoms in total. The fourth-order valence-corrected chi connectivity index (χ4v) is 3.02. The summed E-state index contributed by atoms with van der Waals surface area (Å²) in [5.74, 6) is -1.94. The molecule has 174 valence electrons. The molecule has 0 aromatic rings. The average Bonchev–Trinajstić information content (AvgIpc) is 2.39. The van der Waals surface area contributed by atoms with Gasteiger partial charge in [0.25, 0.3) is 5.60 Å². The summed E-state index contributed by atoms with van der Waals surface area (Å²) in [6, 6.07) is 0. The van der Waals surface area contributed by atoms with Gasteiger partial charge in [-0.1, -0.05) is 55.4 Å². The normalized spacial score (nSPS) is 16.7. The quantitative estimate of drug-likeness (QED) is 0.377. The molecule has 0 heterocycles. The molecule has 1 N–H and O–H groups in total. The molecule has 0 radical (unpaired) electrons. The van der Waals surface area contributed by atoms with Gasteiger partial charge in [-0.15, -0.1) is 0 Å². The number of halogens is 6. The molecule has 0 aliphatic heterocycles. The second kappa shape index (κ2) is 9.02. The van der Waals surface area contributed by atoms with Gasteiger partial charge in [-0.25, -0.2) is 0 Å². The predicted octanol–water partition coefficient (Wildman–Crippen LogP) is 6.29. The predicted molar refractivity (Wildman–Crippen MR) is 98.0 cm³/mol. The second-order valence-electron chi connectivity index (χ2n) is 10.4. The van der Waals surface area contributed by atoms with Gasteiger partial charge in [-0.3, -0.25) is 4.79 Å². The Labute approximate surface area is 169 Å². The van der Waals surface area contributed by atoms with Crippen LogP contribution >= 0.6 is 0 Å². The van der Waals surface area contributed by atoms with Gasteiger partial charge >= 0.3 is 18.3 Å². The van der Waals surface area contributed by atoms with E-state index in [4.69, 9.17) is 4.74 Å². The van der Waals surface area contributed by atoms with Gasteiger partial charge in [-0.05, 0) is 29.6 Å². The van der Waals surface area contributed by atoms with Crippen molar-refractivity contribution in [1.29, 1.82) is 0 Å². The fourth-order valence-electron chi connectivity index (χ4n) is 3.02. The van der Waals surface area contributed by atoms with E-state index in [0.717, 1.165) is 0 Å².